The molecule has 1 saturated heterocycles. The van der Waals surface area contributed by atoms with Crippen LogP contribution in [0.4, 0.5) is 16.4 Å². The molecule has 3 rings (SSSR count). The molecule has 1 aromatic heterocycles. The summed E-state index contributed by atoms with van der Waals surface area (Å²) in [5, 5.41) is 3.30. The average Bonchev–Trinajstić information content (AvgIpc) is 2.95. The van der Waals surface area contributed by atoms with Crippen LogP contribution in [0.1, 0.15) is 27.2 Å². The van der Waals surface area contributed by atoms with E-state index in [1.54, 1.807) is 4.90 Å². The highest BCUT2D eigenvalue weighted by Crippen LogP contribution is 2.22. The molecule has 2 aromatic rings. The zero-order valence-electron chi connectivity index (χ0n) is 14.2. The Morgan fingerprint density at radius 3 is 2.62 bits per heavy atom. The number of rotatable bonds is 2. The average molecular weight is 329 g/mol. The fraction of sp³-hybridized carbons (Fsp3) is 0.471. The van der Waals surface area contributed by atoms with Crippen LogP contribution in [0.3, 0.4) is 0 Å². The summed E-state index contributed by atoms with van der Waals surface area (Å²) in [6.45, 7) is 6.79. The first-order chi connectivity index (χ1) is 11.3. The number of para-hydroxylation sites is 2. The van der Waals surface area contributed by atoms with Gasteiger partial charge in [0.15, 0.2) is 11.6 Å². The summed E-state index contributed by atoms with van der Waals surface area (Å²) in [5.74, 6) is 0.925. The fourth-order valence-corrected chi connectivity index (χ4v) is 2.68. The van der Waals surface area contributed by atoms with Gasteiger partial charge in [-0.15, -0.1) is 0 Å². The largest absolute Gasteiger partial charge is 0.444 e. The Hall–Kier alpha value is -2.57. The molecule has 1 aliphatic rings. The quantitative estimate of drug-likeness (QED) is 0.880. The Labute approximate surface area is 141 Å². The number of ether oxygens (including phenoxy) is 1. The number of carbonyl (C=O) groups excluding carboxylic acids is 1. The summed E-state index contributed by atoms with van der Waals surface area (Å²) >= 11 is 0. The van der Waals surface area contributed by atoms with Crippen LogP contribution in [0, 0.1) is 0 Å². The maximum absolute atomic E-state index is 12.1. The molecule has 0 radical (unpaired) electrons. The van der Waals surface area contributed by atoms with Gasteiger partial charge in [0.05, 0.1) is 11.0 Å². The molecule has 0 spiro atoms. The summed E-state index contributed by atoms with van der Waals surface area (Å²) in [5.41, 5.74) is 7.07. The van der Waals surface area contributed by atoms with E-state index in [1.807, 2.05) is 45.0 Å². The number of anilines is 2. The number of amides is 1. The van der Waals surface area contributed by atoms with E-state index in [9.17, 15) is 4.79 Å². The SMILES string of the molecule is CC(C)(C)OC(=O)N1CC[C@@H](Nc2nc3ccccc3nc2N)C1. The molecule has 7 nitrogen and oxygen atoms in total. The van der Waals surface area contributed by atoms with Gasteiger partial charge in [-0.2, -0.15) is 0 Å². The lowest BCUT2D eigenvalue weighted by Gasteiger charge is -2.24. The van der Waals surface area contributed by atoms with Crippen LogP contribution in [0.2, 0.25) is 0 Å². The van der Waals surface area contributed by atoms with Crippen LogP contribution in [0.15, 0.2) is 24.3 Å². The molecule has 1 aromatic carbocycles. The minimum absolute atomic E-state index is 0.0790. The van der Waals surface area contributed by atoms with Crippen molar-refractivity contribution in [2.24, 2.45) is 0 Å². The van der Waals surface area contributed by atoms with Gasteiger partial charge in [0.2, 0.25) is 0 Å². The van der Waals surface area contributed by atoms with Crippen LogP contribution in [-0.4, -0.2) is 45.7 Å². The lowest BCUT2D eigenvalue weighted by atomic mass is 10.2. The Balaban J connectivity index is 1.67. The predicted molar refractivity (Wildman–Crippen MR) is 93.8 cm³/mol. The van der Waals surface area contributed by atoms with Crippen LogP contribution in [-0.2, 0) is 4.74 Å². The standard InChI is InChI=1S/C17H23N5O2/c1-17(2,3)24-16(23)22-9-8-11(10-22)19-15-14(18)20-12-6-4-5-7-13(12)21-15/h4-7,11H,8-10H2,1-3H3,(H2,18,20)(H,19,21)/t11-/m1/s1. The summed E-state index contributed by atoms with van der Waals surface area (Å²) in [6, 6.07) is 7.67. The van der Waals surface area contributed by atoms with Crippen molar-refractivity contribution in [3.8, 4) is 0 Å². The monoisotopic (exact) mass is 329 g/mol. The number of carbonyl (C=O) groups is 1. The van der Waals surface area contributed by atoms with Crippen molar-refractivity contribution in [2.45, 2.75) is 38.8 Å². The maximum Gasteiger partial charge on any atom is 0.410 e. The maximum atomic E-state index is 12.1. The fourth-order valence-electron chi connectivity index (χ4n) is 2.68. The van der Waals surface area contributed by atoms with Crippen molar-refractivity contribution in [1.82, 2.24) is 14.9 Å². The molecule has 0 saturated carbocycles. The molecule has 1 amide bonds. The van der Waals surface area contributed by atoms with Gasteiger partial charge in [-0.3, -0.25) is 0 Å². The molecular weight excluding hydrogens is 306 g/mol. The molecule has 0 unspecified atom stereocenters. The highest BCUT2D eigenvalue weighted by atomic mass is 16.6. The van der Waals surface area contributed by atoms with E-state index in [0.717, 1.165) is 17.5 Å². The molecule has 1 aliphatic heterocycles. The van der Waals surface area contributed by atoms with Gasteiger partial charge in [-0.05, 0) is 39.3 Å². The molecule has 24 heavy (non-hydrogen) atoms. The number of nitrogens with two attached hydrogens (primary N) is 1. The number of hydrogen-bond donors (Lipinski definition) is 2. The minimum Gasteiger partial charge on any atom is -0.444 e. The molecular formula is C17H23N5O2. The number of benzene rings is 1. The van der Waals surface area contributed by atoms with Crippen molar-refractivity contribution in [1.29, 1.82) is 0 Å². The molecule has 2 heterocycles. The predicted octanol–water partition coefficient (Wildman–Crippen LogP) is 2.63. The van der Waals surface area contributed by atoms with Gasteiger partial charge in [0.25, 0.3) is 0 Å². The minimum atomic E-state index is -0.489. The third kappa shape index (κ3) is 3.67. The van der Waals surface area contributed by atoms with Crippen LogP contribution in [0.25, 0.3) is 11.0 Å². The van der Waals surface area contributed by atoms with Crippen molar-refractivity contribution >= 4 is 28.8 Å². The summed E-state index contributed by atoms with van der Waals surface area (Å²) < 4.78 is 5.41. The Morgan fingerprint density at radius 1 is 1.29 bits per heavy atom. The third-order valence-corrected chi connectivity index (χ3v) is 3.78. The Bertz CT molecular complexity index is 756. The van der Waals surface area contributed by atoms with Gasteiger partial charge in [-0.1, -0.05) is 12.1 Å². The van der Waals surface area contributed by atoms with Gasteiger partial charge in [-0.25, -0.2) is 14.8 Å². The lowest BCUT2D eigenvalue weighted by molar-refractivity contribution is 0.0293. The van der Waals surface area contributed by atoms with E-state index in [4.69, 9.17) is 10.5 Å². The lowest BCUT2D eigenvalue weighted by Crippen LogP contribution is -2.36. The second-order valence-electron chi connectivity index (χ2n) is 7.00. The molecule has 128 valence electrons. The van der Waals surface area contributed by atoms with Crippen LogP contribution in [0.5, 0.6) is 0 Å². The van der Waals surface area contributed by atoms with Crippen molar-refractivity contribution in [3.05, 3.63) is 24.3 Å². The van der Waals surface area contributed by atoms with Crippen molar-refractivity contribution in [3.63, 3.8) is 0 Å². The zero-order chi connectivity index (χ0) is 17.3. The van der Waals surface area contributed by atoms with E-state index in [1.165, 1.54) is 0 Å². The summed E-state index contributed by atoms with van der Waals surface area (Å²) in [6.07, 6.45) is 0.525. The zero-order valence-corrected chi connectivity index (χ0v) is 14.2. The summed E-state index contributed by atoms with van der Waals surface area (Å²) in [7, 11) is 0. The van der Waals surface area contributed by atoms with Gasteiger partial charge >= 0.3 is 6.09 Å². The molecule has 3 N–H and O–H groups in total. The normalized spacial score (nSPS) is 18.0. The Kier molecular flexibility index (Phi) is 4.17. The first kappa shape index (κ1) is 16.3. The van der Waals surface area contributed by atoms with E-state index < -0.39 is 5.60 Å². The second kappa shape index (κ2) is 6.14. The number of aromatic nitrogens is 2. The Morgan fingerprint density at radius 2 is 1.96 bits per heavy atom. The second-order valence-corrected chi connectivity index (χ2v) is 7.00. The smallest absolute Gasteiger partial charge is 0.410 e. The van der Waals surface area contributed by atoms with Gasteiger partial charge in [0, 0.05) is 19.1 Å². The molecule has 0 aliphatic carbocycles. The molecule has 0 bridgehead atoms. The highest BCUT2D eigenvalue weighted by molar-refractivity contribution is 5.79. The first-order valence-electron chi connectivity index (χ1n) is 8.08. The van der Waals surface area contributed by atoms with Crippen LogP contribution >= 0.6 is 0 Å². The number of likely N-dealkylation sites (tertiary alicyclic amines) is 1. The topological polar surface area (TPSA) is 93.4 Å². The van der Waals surface area contributed by atoms with E-state index in [2.05, 4.69) is 15.3 Å². The number of nitrogens with zero attached hydrogens (tertiary/aromatic N) is 3. The van der Waals surface area contributed by atoms with E-state index in [-0.39, 0.29) is 12.1 Å². The molecule has 7 heteroatoms. The van der Waals surface area contributed by atoms with E-state index >= 15 is 0 Å². The van der Waals surface area contributed by atoms with Crippen molar-refractivity contribution < 1.29 is 9.53 Å². The highest BCUT2D eigenvalue weighted by Gasteiger charge is 2.30. The first-order valence-corrected chi connectivity index (χ1v) is 8.08. The molecule has 1 fully saturated rings. The van der Waals surface area contributed by atoms with E-state index in [0.29, 0.717) is 24.7 Å². The number of nitrogens with one attached hydrogen (secondary N) is 1. The number of nitrogen functional groups attached to an aromatic ring is 1. The summed E-state index contributed by atoms with van der Waals surface area (Å²) in [4.78, 5) is 22.7. The van der Waals surface area contributed by atoms with Crippen molar-refractivity contribution in [2.75, 3.05) is 24.1 Å². The third-order valence-electron chi connectivity index (χ3n) is 3.78. The van der Waals surface area contributed by atoms with Crippen LogP contribution < -0.4 is 11.1 Å². The van der Waals surface area contributed by atoms with Gasteiger partial charge < -0.3 is 20.7 Å². The van der Waals surface area contributed by atoms with Gasteiger partial charge in [0.1, 0.15) is 5.60 Å². The number of hydrogen-bond acceptors (Lipinski definition) is 6. The number of fused-ring (bicyclic) bond motifs is 1. The molecule has 1 atom stereocenters.